The molecule has 0 amide bonds. The zero-order valence-corrected chi connectivity index (χ0v) is 21.4. The Labute approximate surface area is 212 Å². The van der Waals surface area contributed by atoms with Crippen LogP contribution in [0.2, 0.25) is 0 Å². The van der Waals surface area contributed by atoms with Gasteiger partial charge in [-0.2, -0.15) is 0 Å². The molecule has 2 heterocycles. The van der Waals surface area contributed by atoms with Crippen LogP contribution >= 0.6 is 11.8 Å². The van der Waals surface area contributed by atoms with E-state index in [1.807, 2.05) is 55.5 Å². The van der Waals surface area contributed by atoms with Crippen LogP contribution in [-0.4, -0.2) is 16.7 Å². The molecule has 0 aliphatic carbocycles. The minimum atomic E-state index is -0.400. The summed E-state index contributed by atoms with van der Waals surface area (Å²) in [6.45, 7) is 6.32. The number of hydrogen-bond donors (Lipinski definition) is 0. The van der Waals surface area contributed by atoms with Gasteiger partial charge in [0.1, 0.15) is 11.3 Å². The average Bonchev–Trinajstić information content (AvgIpc) is 2.86. The normalized spacial score (nSPS) is 11.5. The van der Waals surface area contributed by atoms with Crippen molar-refractivity contribution in [2.24, 2.45) is 0 Å². The molecular formula is C29H26N2O4S. The Morgan fingerprint density at radius 3 is 2.53 bits per heavy atom. The summed E-state index contributed by atoms with van der Waals surface area (Å²) in [6, 6.07) is 20.2. The van der Waals surface area contributed by atoms with Gasteiger partial charge < -0.3 is 9.15 Å². The molecule has 0 atom stereocenters. The van der Waals surface area contributed by atoms with Crippen LogP contribution in [0.4, 0.5) is 0 Å². The maximum Gasteiger partial charge on any atom is 0.336 e. The molecule has 0 saturated heterocycles. The van der Waals surface area contributed by atoms with E-state index in [1.165, 1.54) is 23.4 Å². The van der Waals surface area contributed by atoms with Gasteiger partial charge in [-0.3, -0.25) is 9.36 Å². The third-order valence-electron chi connectivity index (χ3n) is 6.27. The van der Waals surface area contributed by atoms with Crippen molar-refractivity contribution in [1.29, 1.82) is 0 Å². The molecular weight excluding hydrogens is 472 g/mol. The van der Waals surface area contributed by atoms with Gasteiger partial charge in [0.2, 0.25) is 0 Å². The molecule has 0 fully saturated rings. The highest BCUT2D eigenvalue weighted by atomic mass is 32.2. The van der Waals surface area contributed by atoms with Crippen molar-refractivity contribution in [1.82, 2.24) is 9.55 Å². The van der Waals surface area contributed by atoms with E-state index >= 15 is 0 Å². The molecule has 0 N–H and O–H groups in total. The first-order chi connectivity index (χ1) is 17.4. The van der Waals surface area contributed by atoms with Crippen LogP contribution in [0.25, 0.3) is 27.6 Å². The van der Waals surface area contributed by atoms with E-state index in [-0.39, 0.29) is 5.56 Å². The van der Waals surface area contributed by atoms with E-state index < -0.39 is 5.63 Å². The highest BCUT2D eigenvalue weighted by Gasteiger charge is 2.18. The van der Waals surface area contributed by atoms with E-state index in [9.17, 15) is 9.59 Å². The number of ether oxygens (including phenoxy) is 1. The van der Waals surface area contributed by atoms with Gasteiger partial charge in [0, 0.05) is 17.2 Å². The third-order valence-corrected chi connectivity index (χ3v) is 7.25. The number of aryl methyl sites for hydroxylation is 1. The van der Waals surface area contributed by atoms with Crippen molar-refractivity contribution < 1.29 is 9.15 Å². The minimum absolute atomic E-state index is 0.178. The van der Waals surface area contributed by atoms with Crippen LogP contribution in [0.5, 0.6) is 5.75 Å². The second-order valence-electron chi connectivity index (χ2n) is 8.96. The monoisotopic (exact) mass is 498 g/mol. The summed E-state index contributed by atoms with van der Waals surface area (Å²) in [5, 5.41) is 1.93. The van der Waals surface area contributed by atoms with Crippen LogP contribution in [-0.2, 0) is 5.75 Å². The molecule has 3 aromatic carbocycles. The number of rotatable bonds is 6. The van der Waals surface area contributed by atoms with Gasteiger partial charge in [0.25, 0.3) is 5.56 Å². The first kappa shape index (κ1) is 23.9. The standard InChI is InChI=1S/C29H26N2O4S/c1-17(2)21-15-22-19(14-27(32)35-26(22)13-18(21)3)16-36-29-30-23-10-6-5-9-20(23)28(33)31(29)24-11-7-8-12-25(24)34-4/h5-15,17H,16H2,1-4H3. The predicted molar refractivity (Wildman–Crippen MR) is 145 cm³/mol. The number of para-hydroxylation sites is 3. The molecule has 0 radical (unpaired) electrons. The fraction of sp³-hybridized carbons (Fsp3) is 0.207. The van der Waals surface area contributed by atoms with Crippen molar-refractivity contribution in [2.75, 3.05) is 7.11 Å². The van der Waals surface area contributed by atoms with E-state index in [0.29, 0.717) is 44.8 Å². The zero-order valence-electron chi connectivity index (χ0n) is 20.6. The number of hydrogen-bond acceptors (Lipinski definition) is 6. The topological polar surface area (TPSA) is 74.3 Å². The van der Waals surface area contributed by atoms with Crippen LogP contribution in [0.15, 0.2) is 85.9 Å². The fourth-order valence-corrected chi connectivity index (χ4v) is 5.51. The second-order valence-corrected chi connectivity index (χ2v) is 9.91. The Morgan fingerprint density at radius 1 is 1.00 bits per heavy atom. The number of aromatic nitrogens is 2. The zero-order chi connectivity index (χ0) is 25.4. The molecule has 5 rings (SSSR count). The molecule has 6 nitrogen and oxygen atoms in total. The summed E-state index contributed by atoms with van der Waals surface area (Å²) in [5.74, 6) is 1.34. The number of nitrogens with zero attached hydrogens (tertiary/aromatic N) is 2. The number of methoxy groups -OCH3 is 1. The van der Waals surface area contributed by atoms with Crippen molar-refractivity contribution >= 4 is 33.6 Å². The quantitative estimate of drug-likeness (QED) is 0.157. The maximum atomic E-state index is 13.6. The van der Waals surface area contributed by atoms with Crippen molar-refractivity contribution in [3.63, 3.8) is 0 Å². The Balaban J connectivity index is 1.67. The van der Waals surface area contributed by atoms with Crippen LogP contribution < -0.4 is 15.9 Å². The molecule has 7 heteroatoms. The summed E-state index contributed by atoms with van der Waals surface area (Å²) < 4.78 is 12.7. The Morgan fingerprint density at radius 2 is 1.75 bits per heavy atom. The SMILES string of the molecule is COc1ccccc1-n1c(SCc2cc(=O)oc3cc(C)c(C(C)C)cc23)nc2ccccc2c1=O. The minimum Gasteiger partial charge on any atom is -0.495 e. The lowest BCUT2D eigenvalue weighted by Crippen LogP contribution is -2.22. The van der Waals surface area contributed by atoms with Gasteiger partial charge in [-0.05, 0) is 65.9 Å². The number of thioether (sulfide) groups is 1. The van der Waals surface area contributed by atoms with E-state index in [2.05, 4.69) is 19.9 Å². The summed E-state index contributed by atoms with van der Waals surface area (Å²) in [7, 11) is 1.58. The lowest BCUT2D eigenvalue weighted by Gasteiger charge is -2.16. The van der Waals surface area contributed by atoms with Crippen molar-refractivity contribution in [3.05, 3.63) is 104 Å². The smallest absolute Gasteiger partial charge is 0.336 e. The number of benzene rings is 3. The molecule has 0 bridgehead atoms. The first-order valence-corrected chi connectivity index (χ1v) is 12.7. The van der Waals surface area contributed by atoms with Crippen molar-refractivity contribution in [2.45, 2.75) is 37.6 Å². The summed E-state index contributed by atoms with van der Waals surface area (Å²) in [5.41, 5.74) is 4.35. The number of fused-ring (bicyclic) bond motifs is 2. The third kappa shape index (κ3) is 4.31. The van der Waals surface area contributed by atoms with Gasteiger partial charge in [-0.15, -0.1) is 0 Å². The van der Waals surface area contributed by atoms with Gasteiger partial charge in [0.15, 0.2) is 5.16 Å². The fourth-order valence-electron chi connectivity index (χ4n) is 4.51. The lowest BCUT2D eigenvalue weighted by molar-refractivity contribution is 0.411. The molecule has 0 aliphatic rings. The van der Waals surface area contributed by atoms with Gasteiger partial charge in [-0.1, -0.05) is 49.9 Å². The van der Waals surface area contributed by atoms with Crippen molar-refractivity contribution in [3.8, 4) is 11.4 Å². The van der Waals surface area contributed by atoms with Gasteiger partial charge in [0.05, 0.1) is 23.7 Å². The Kier molecular flexibility index (Phi) is 6.41. The molecule has 2 aromatic heterocycles. The summed E-state index contributed by atoms with van der Waals surface area (Å²) >= 11 is 1.40. The largest absolute Gasteiger partial charge is 0.495 e. The van der Waals surface area contributed by atoms with Crippen LogP contribution in [0.1, 0.15) is 36.5 Å². The van der Waals surface area contributed by atoms with E-state index in [1.54, 1.807) is 17.7 Å². The van der Waals surface area contributed by atoms with Crippen LogP contribution in [0, 0.1) is 6.92 Å². The van der Waals surface area contributed by atoms with Gasteiger partial charge in [-0.25, -0.2) is 9.78 Å². The molecule has 5 aromatic rings. The molecule has 36 heavy (non-hydrogen) atoms. The van der Waals surface area contributed by atoms with E-state index in [0.717, 1.165) is 16.5 Å². The van der Waals surface area contributed by atoms with Gasteiger partial charge >= 0.3 is 5.63 Å². The highest BCUT2D eigenvalue weighted by Crippen LogP contribution is 2.32. The van der Waals surface area contributed by atoms with E-state index in [4.69, 9.17) is 14.1 Å². The molecule has 0 saturated carbocycles. The summed E-state index contributed by atoms with van der Waals surface area (Å²) in [4.78, 5) is 30.9. The highest BCUT2D eigenvalue weighted by molar-refractivity contribution is 7.98. The molecule has 0 unspecified atom stereocenters. The second kappa shape index (κ2) is 9.66. The maximum absolute atomic E-state index is 13.6. The first-order valence-electron chi connectivity index (χ1n) is 11.7. The Bertz CT molecular complexity index is 1720. The predicted octanol–water partition coefficient (Wildman–Crippen LogP) is 6.22. The summed E-state index contributed by atoms with van der Waals surface area (Å²) in [6.07, 6.45) is 0. The average molecular weight is 499 g/mol. The molecule has 0 aliphatic heterocycles. The molecule has 182 valence electrons. The Hall–Kier alpha value is -3.84. The molecule has 0 spiro atoms. The lowest BCUT2D eigenvalue weighted by atomic mass is 9.95. The van der Waals surface area contributed by atoms with Crippen LogP contribution in [0.3, 0.4) is 0 Å².